The number of amides is 2. The lowest BCUT2D eigenvalue weighted by Gasteiger charge is -2.15. The summed E-state index contributed by atoms with van der Waals surface area (Å²) in [6.07, 6.45) is 0. The fraction of sp³-hybridized carbons (Fsp3) is 0.130. The normalized spacial score (nSPS) is 11.5. The third kappa shape index (κ3) is 4.98. The molecule has 0 aromatic heterocycles. The Labute approximate surface area is 164 Å². The van der Waals surface area contributed by atoms with Crippen molar-refractivity contribution in [3.8, 4) is 16.9 Å². The maximum absolute atomic E-state index is 12.2. The van der Waals surface area contributed by atoms with Crippen LogP contribution in [0.5, 0.6) is 5.75 Å². The average Bonchev–Trinajstić information content (AvgIpc) is 2.73. The highest BCUT2D eigenvalue weighted by atomic mass is 16.5. The monoisotopic (exact) mass is 374 g/mol. The van der Waals surface area contributed by atoms with Crippen LogP contribution < -0.4 is 15.8 Å². The molecule has 3 rings (SSSR count). The van der Waals surface area contributed by atoms with Crippen LogP contribution in [0.25, 0.3) is 11.1 Å². The molecule has 0 aliphatic carbocycles. The second-order valence-corrected chi connectivity index (χ2v) is 6.45. The van der Waals surface area contributed by atoms with E-state index in [1.54, 1.807) is 24.3 Å². The van der Waals surface area contributed by atoms with Crippen molar-refractivity contribution in [2.24, 2.45) is 5.73 Å². The number of primary amides is 1. The van der Waals surface area contributed by atoms with Crippen molar-refractivity contribution in [1.29, 1.82) is 0 Å². The standard InChI is InChI=1S/C23H22N2O3/c1-16(17-7-9-19(10-8-17)18-5-3-2-4-6-18)25-22(26)15-28-21-13-11-20(12-14-21)23(24)27/h2-14,16H,15H2,1H3,(H2,24,27)(H,25,26)/t16-/m1/s1. The minimum atomic E-state index is -0.503. The van der Waals surface area contributed by atoms with Crippen LogP contribution in [-0.4, -0.2) is 18.4 Å². The van der Waals surface area contributed by atoms with Crippen LogP contribution in [0.15, 0.2) is 78.9 Å². The first-order valence-corrected chi connectivity index (χ1v) is 9.00. The molecule has 5 nitrogen and oxygen atoms in total. The Balaban J connectivity index is 1.53. The molecule has 0 unspecified atom stereocenters. The molecule has 0 bridgehead atoms. The number of nitrogens with two attached hydrogens (primary N) is 1. The van der Waals surface area contributed by atoms with Crippen LogP contribution in [-0.2, 0) is 4.79 Å². The molecule has 0 heterocycles. The van der Waals surface area contributed by atoms with Gasteiger partial charge in [0.25, 0.3) is 5.91 Å². The fourth-order valence-electron chi connectivity index (χ4n) is 2.83. The zero-order valence-corrected chi connectivity index (χ0v) is 15.6. The second kappa shape index (κ2) is 8.86. The Bertz CT molecular complexity index is 936. The van der Waals surface area contributed by atoms with Crippen LogP contribution >= 0.6 is 0 Å². The summed E-state index contributed by atoms with van der Waals surface area (Å²) < 4.78 is 5.45. The van der Waals surface area contributed by atoms with E-state index in [9.17, 15) is 9.59 Å². The number of ether oxygens (including phenoxy) is 1. The summed E-state index contributed by atoms with van der Waals surface area (Å²) in [7, 11) is 0. The summed E-state index contributed by atoms with van der Waals surface area (Å²) >= 11 is 0. The Morgan fingerprint density at radius 2 is 1.50 bits per heavy atom. The molecule has 0 fully saturated rings. The average molecular weight is 374 g/mol. The second-order valence-electron chi connectivity index (χ2n) is 6.45. The molecule has 3 aromatic rings. The number of hydrogen-bond donors (Lipinski definition) is 2. The first-order valence-electron chi connectivity index (χ1n) is 9.00. The van der Waals surface area contributed by atoms with Gasteiger partial charge in [0.05, 0.1) is 6.04 Å². The number of carbonyl (C=O) groups is 2. The molecule has 5 heteroatoms. The number of rotatable bonds is 7. The van der Waals surface area contributed by atoms with Crippen molar-refractivity contribution in [3.63, 3.8) is 0 Å². The van der Waals surface area contributed by atoms with Crippen molar-refractivity contribution < 1.29 is 14.3 Å². The third-order valence-electron chi connectivity index (χ3n) is 4.40. The van der Waals surface area contributed by atoms with Gasteiger partial charge in [0.2, 0.25) is 5.91 Å². The van der Waals surface area contributed by atoms with Crippen molar-refractivity contribution in [2.75, 3.05) is 6.61 Å². The van der Waals surface area contributed by atoms with E-state index < -0.39 is 5.91 Å². The summed E-state index contributed by atoms with van der Waals surface area (Å²) in [5.41, 5.74) is 8.88. The van der Waals surface area contributed by atoms with E-state index in [1.165, 1.54) is 0 Å². The van der Waals surface area contributed by atoms with E-state index in [4.69, 9.17) is 10.5 Å². The van der Waals surface area contributed by atoms with Crippen LogP contribution in [0.1, 0.15) is 28.9 Å². The summed E-state index contributed by atoms with van der Waals surface area (Å²) in [6, 6.07) is 24.4. The van der Waals surface area contributed by atoms with Gasteiger partial charge in [0.1, 0.15) is 5.75 Å². The zero-order valence-electron chi connectivity index (χ0n) is 15.6. The van der Waals surface area contributed by atoms with E-state index in [0.29, 0.717) is 11.3 Å². The van der Waals surface area contributed by atoms with Crippen LogP contribution in [0.4, 0.5) is 0 Å². The predicted octanol–water partition coefficient (Wildman–Crippen LogP) is 3.71. The Morgan fingerprint density at radius 3 is 2.11 bits per heavy atom. The molecule has 1 atom stereocenters. The van der Waals surface area contributed by atoms with Gasteiger partial charge in [0, 0.05) is 5.56 Å². The van der Waals surface area contributed by atoms with Gasteiger partial charge in [-0.3, -0.25) is 9.59 Å². The lowest BCUT2D eigenvalue weighted by Crippen LogP contribution is -2.31. The summed E-state index contributed by atoms with van der Waals surface area (Å²) in [4.78, 5) is 23.2. The van der Waals surface area contributed by atoms with E-state index in [2.05, 4.69) is 17.4 Å². The fourth-order valence-corrected chi connectivity index (χ4v) is 2.83. The van der Waals surface area contributed by atoms with Gasteiger partial charge in [-0.25, -0.2) is 0 Å². The molecule has 142 valence electrons. The van der Waals surface area contributed by atoms with Crippen LogP contribution in [0, 0.1) is 0 Å². The largest absolute Gasteiger partial charge is 0.484 e. The van der Waals surface area contributed by atoms with Crippen molar-refractivity contribution in [1.82, 2.24) is 5.32 Å². The quantitative estimate of drug-likeness (QED) is 0.661. The van der Waals surface area contributed by atoms with Crippen molar-refractivity contribution in [3.05, 3.63) is 90.0 Å². The maximum atomic E-state index is 12.2. The van der Waals surface area contributed by atoms with E-state index in [1.807, 2.05) is 49.4 Å². The zero-order chi connectivity index (χ0) is 19.9. The van der Waals surface area contributed by atoms with Gasteiger partial charge in [-0.1, -0.05) is 54.6 Å². The smallest absolute Gasteiger partial charge is 0.258 e. The molecule has 0 aliphatic rings. The van der Waals surface area contributed by atoms with E-state index >= 15 is 0 Å². The van der Waals surface area contributed by atoms with Gasteiger partial charge in [-0.15, -0.1) is 0 Å². The minimum absolute atomic E-state index is 0.109. The molecule has 0 aliphatic heterocycles. The Morgan fingerprint density at radius 1 is 0.893 bits per heavy atom. The highest BCUT2D eigenvalue weighted by Crippen LogP contribution is 2.21. The molecular formula is C23H22N2O3. The lowest BCUT2D eigenvalue weighted by atomic mass is 10.0. The number of nitrogens with one attached hydrogen (secondary N) is 1. The molecule has 28 heavy (non-hydrogen) atoms. The van der Waals surface area contributed by atoms with Gasteiger partial charge in [-0.05, 0) is 47.9 Å². The van der Waals surface area contributed by atoms with E-state index in [-0.39, 0.29) is 18.6 Å². The van der Waals surface area contributed by atoms with Gasteiger partial charge in [0.15, 0.2) is 6.61 Å². The summed E-state index contributed by atoms with van der Waals surface area (Å²) in [6.45, 7) is 1.82. The Kier molecular flexibility index (Phi) is 6.07. The molecule has 0 radical (unpaired) electrons. The summed E-state index contributed by atoms with van der Waals surface area (Å²) in [5, 5.41) is 2.92. The molecule has 2 amide bonds. The highest BCUT2D eigenvalue weighted by molar-refractivity contribution is 5.92. The molecule has 0 saturated heterocycles. The first kappa shape index (κ1) is 19.2. The summed E-state index contributed by atoms with van der Waals surface area (Å²) in [5.74, 6) is -0.227. The molecule has 0 saturated carbocycles. The maximum Gasteiger partial charge on any atom is 0.258 e. The first-order chi connectivity index (χ1) is 13.5. The van der Waals surface area contributed by atoms with Crippen molar-refractivity contribution >= 4 is 11.8 Å². The van der Waals surface area contributed by atoms with Gasteiger partial charge < -0.3 is 15.8 Å². The SMILES string of the molecule is C[C@@H](NC(=O)COc1ccc(C(N)=O)cc1)c1ccc(-c2ccccc2)cc1. The Hall–Kier alpha value is -3.60. The van der Waals surface area contributed by atoms with Crippen LogP contribution in [0.2, 0.25) is 0 Å². The predicted molar refractivity (Wildman–Crippen MR) is 109 cm³/mol. The van der Waals surface area contributed by atoms with Crippen molar-refractivity contribution in [2.45, 2.75) is 13.0 Å². The number of benzene rings is 3. The third-order valence-corrected chi connectivity index (χ3v) is 4.40. The molecule has 3 aromatic carbocycles. The minimum Gasteiger partial charge on any atom is -0.484 e. The highest BCUT2D eigenvalue weighted by Gasteiger charge is 2.11. The van der Waals surface area contributed by atoms with Gasteiger partial charge in [-0.2, -0.15) is 0 Å². The van der Waals surface area contributed by atoms with Gasteiger partial charge >= 0.3 is 0 Å². The van der Waals surface area contributed by atoms with E-state index in [0.717, 1.165) is 16.7 Å². The lowest BCUT2D eigenvalue weighted by molar-refractivity contribution is -0.123. The number of hydrogen-bond acceptors (Lipinski definition) is 3. The number of carbonyl (C=O) groups excluding carboxylic acids is 2. The molecule has 3 N–H and O–H groups in total. The topological polar surface area (TPSA) is 81.4 Å². The molecular weight excluding hydrogens is 352 g/mol. The molecule has 0 spiro atoms. The van der Waals surface area contributed by atoms with Crippen LogP contribution in [0.3, 0.4) is 0 Å².